The Morgan fingerprint density at radius 1 is 1.62 bits per heavy atom. The van der Waals surface area contributed by atoms with Gasteiger partial charge in [0.25, 0.3) is 0 Å². The van der Waals surface area contributed by atoms with E-state index in [1.54, 1.807) is 0 Å². The first-order valence-electron chi connectivity index (χ1n) is 5.19. The average molecular weight is 180 g/mol. The first-order valence-corrected chi connectivity index (χ1v) is 5.19. The van der Waals surface area contributed by atoms with Gasteiger partial charge in [-0.1, -0.05) is 0 Å². The largest absolute Gasteiger partial charge is 0.315 e. The zero-order valence-electron chi connectivity index (χ0n) is 8.55. The molecule has 1 saturated heterocycles. The molecule has 0 aromatic rings. The van der Waals surface area contributed by atoms with Crippen LogP contribution in [0, 0.1) is 12.3 Å². The Morgan fingerprint density at radius 3 is 3.08 bits per heavy atom. The van der Waals surface area contributed by atoms with Crippen molar-refractivity contribution in [3.05, 3.63) is 0 Å². The number of hydrogen-bond donors (Lipinski definition) is 1. The Balaban J connectivity index is 1.96. The van der Waals surface area contributed by atoms with E-state index < -0.39 is 0 Å². The standard InChI is InChI=1S/C11H20N2/c1-3-4-5-8-12-10-11-7-6-9-13(11)2/h1,11-12H,4-10H2,2H3. The third kappa shape index (κ3) is 3.80. The maximum Gasteiger partial charge on any atom is 0.0218 e. The number of nitrogens with zero attached hydrogens (tertiary/aromatic N) is 1. The lowest BCUT2D eigenvalue weighted by Gasteiger charge is -2.19. The highest BCUT2D eigenvalue weighted by Gasteiger charge is 2.19. The molecule has 1 rings (SSSR count). The topological polar surface area (TPSA) is 15.3 Å². The van der Waals surface area contributed by atoms with Crippen LogP contribution in [0.15, 0.2) is 0 Å². The van der Waals surface area contributed by atoms with Crippen LogP contribution in [0.1, 0.15) is 25.7 Å². The molecule has 13 heavy (non-hydrogen) atoms. The molecule has 0 aromatic carbocycles. The summed E-state index contributed by atoms with van der Waals surface area (Å²) in [5.41, 5.74) is 0. The quantitative estimate of drug-likeness (QED) is 0.503. The van der Waals surface area contributed by atoms with Gasteiger partial charge in [-0.25, -0.2) is 0 Å². The SMILES string of the molecule is C#CCCCNCC1CCCN1C. The van der Waals surface area contributed by atoms with Crippen molar-refractivity contribution in [2.45, 2.75) is 31.7 Å². The summed E-state index contributed by atoms with van der Waals surface area (Å²) in [6, 6.07) is 0.755. The molecule has 1 aliphatic rings. The smallest absolute Gasteiger partial charge is 0.0218 e. The van der Waals surface area contributed by atoms with Gasteiger partial charge in [0.2, 0.25) is 0 Å². The van der Waals surface area contributed by atoms with E-state index >= 15 is 0 Å². The molecule has 1 aliphatic heterocycles. The van der Waals surface area contributed by atoms with Crippen LogP contribution in [0.4, 0.5) is 0 Å². The van der Waals surface area contributed by atoms with E-state index in [0.717, 1.165) is 32.0 Å². The van der Waals surface area contributed by atoms with Crippen molar-refractivity contribution in [1.29, 1.82) is 0 Å². The number of nitrogens with one attached hydrogen (secondary N) is 1. The number of likely N-dealkylation sites (tertiary alicyclic amines) is 1. The van der Waals surface area contributed by atoms with Crippen molar-refractivity contribution in [3.63, 3.8) is 0 Å². The molecule has 0 amide bonds. The third-order valence-electron chi connectivity index (χ3n) is 2.73. The summed E-state index contributed by atoms with van der Waals surface area (Å²) in [4.78, 5) is 2.44. The molecule has 1 atom stereocenters. The van der Waals surface area contributed by atoms with Gasteiger partial charge in [-0.05, 0) is 39.4 Å². The molecule has 1 unspecified atom stereocenters. The number of terminal acetylenes is 1. The van der Waals surface area contributed by atoms with Crippen LogP contribution in [0.2, 0.25) is 0 Å². The fraction of sp³-hybridized carbons (Fsp3) is 0.818. The van der Waals surface area contributed by atoms with Crippen LogP contribution in [0.5, 0.6) is 0 Å². The van der Waals surface area contributed by atoms with E-state index in [4.69, 9.17) is 6.42 Å². The number of rotatable bonds is 5. The second-order valence-corrected chi connectivity index (χ2v) is 3.79. The van der Waals surface area contributed by atoms with E-state index in [-0.39, 0.29) is 0 Å². The summed E-state index contributed by atoms with van der Waals surface area (Å²) >= 11 is 0. The second-order valence-electron chi connectivity index (χ2n) is 3.79. The Labute approximate surface area is 81.7 Å². The molecular formula is C11H20N2. The highest BCUT2D eigenvalue weighted by Crippen LogP contribution is 2.13. The molecule has 1 N–H and O–H groups in total. The van der Waals surface area contributed by atoms with Gasteiger partial charge in [0.15, 0.2) is 0 Å². The van der Waals surface area contributed by atoms with Crippen LogP contribution in [-0.4, -0.2) is 37.6 Å². The molecule has 2 nitrogen and oxygen atoms in total. The minimum Gasteiger partial charge on any atom is -0.315 e. The number of likely N-dealkylation sites (N-methyl/N-ethyl adjacent to an activating group) is 1. The zero-order chi connectivity index (χ0) is 9.52. The third-order valence-corrected chi connectivity index (χ3v) is 2.73. The molecular weight excluding hydrogens is 160 g/mol. The Hall–Kier alpha value is -0.520. The van der Waals surface area contributed by atoms with E-state index in [1.807, 2.05) is 0 Å². The summed E-state index contributed by atoms with van der Waals surface area (Å²) in [6.45, 7) is 3.45. The predicted octanol–water partition coefficient (Wildman–Crippen LogP) is 1.08. The summed E-state index contributed by atoms with van der Waals surface area (Å²) in [7, 11) is 2.21. The van der Waals surface area contributed by atoms with Gasteiger partial charge >= 0.3 is 0 Å². The molecule has 0 aromatic heterocycles. The predicted molar refractivity (Wildman–Crippen MR) is 56.6 cm³/mol. The zero-order valence-corrected chi connectivity index (χ0v) is 8.55. The lowest BCUT2D eigenvalue weighted by Crippen LogP contribution is -2.35. The van der Waals surface area contributed by atoms with Gasteiger partial charge in [-0.15, -0.1) is 12.3 Å². The summed E-state index contributed by atoms with van der Waals surface area (Å²) in [5, 5.41) is 3.46. The van der Waals surface area contributed by atoms with Crippen LogP contribution in [0.3, 0.4) is 0 Å². The van der Waals surface area contributed by atoms with Crippen LogP contribution in [0.25, 0.3) is 0 Å². The summed E-state index contributed by atoms with van der Waals surface area (Å²) in [6.07, 6.45) is 9.87. The lowest BCUT2D eigenvalue weighted by atomic mass is 10.2. The van der Waals surface area contributed by atoms with Crippen LogP contribution < -0.4 is 5.32 Å². The van der Waals surface area contributed by atoms with E-state index in [2.05, 4.69) is 23.2 Å². The van der Waals surface area contributed by atoms with Gasteiger partial charge in [-0.2, -0.15) is 0 Å². The highest BCUT2D eigenvalue weighted by molar-refractivity contribution is 4.83. The Kier molecular flexibility index (Phi) is 4.88. The van der Waals surface area contributed by atoms with Crippen LogP contribution >= 0.6 is 0 Å². The van der Waals surface area contributed by atoms with Crippen molar-refractivity contribution in [2.24, 2.45) is 0 Å². The Morgan fingerprint density at radius 2 is 2.46 bits per heavy atom. The van der Waals surface area contributed by atoms with Gasteiger partial charge in [0.05, 0.1) is 0 Å². The first kappa shape index (κ1) is 10.6. The lowest BCUT2D eigenvalue weighted by molar-refractivity contribution is 0.300. The van der Waals surface area contributed by atoms with Gasteiger partial charge in [0, 0.05) is 19.0 Å². The first-order chi connectivity index (χ1) is 6.34. The van der Waals surface area contributed by atoms with Gasteiger partial charge in [-0.3, -0.25) is 0 Å². The molecule has 0 bridgehead atoms. The number of hydrogen-bond acceptors (Lipinski definition) is 2. The molecule has 0 spiro atoms. The average Bonchev–Trinajstić information content (AvgIpc) is 2.52. The molecule has 0 saturated carbocycles. The molecule has 74 valence electrons. The van der Waals surface area contributed by atoms with Crippen molar-refractivity contribution >= 4 is 0 Å². The van der Waals surface area contributed by atoms with Gasteiger partial charge in [0.1, 0.15) is 0 Å². The van der Waals surface area contributed by atoms with Crippen molar-refractivity contribution in [1.82, 2.24) is 10.2 Å². The second kappa shape index (κ2) is 6.01. The summed E-state index contributed by atoms with van der Waals surface area (Å²) < 4.78 is 0. The monoisotopic (exact) mass is 180 g/mol. The fourth-order valence-corrected chi connectivity index (χ4v) is 1.82. The molecule has 0 aliphatic carbocycles. The summed E-state index contributed by atoms with van der Waals surface area (Å²) in [5.74, 6) is 2.65. The van der Waals surface area contributed by atoms with Crippen molar-refractivity contribution in [2.75, 3.05) is 26.7 Å². The molecule has 1 fully saturated rings. The minimum absolute atomic E-state index is 0.755. The van der Waals surface area contributed by atoms with E-state index in [0.29, 0.717) is 0 Å². The molecule has 2 heteroatoms. The van der Waals surface area contributed by atoms with E-state index in [9.17, 15) is 0 Å². The number of unbranched alkanes of at least 4 members (excludes halogenated alkanes) is 1. The van der Waals surface area contributed by atoms with E-state index in [1.165, 1.54) is 19.4 Å². The fourth-order valence-electron chi connectivity index (χ4n) is 1.82. The maximum atomic E-state index is 5.17. The molecule has 1 heterocycles. The van der Waals surface area contributed by atoms with Gasteiger partial charge < -0.3 is 10.2 Å². The van der Waals surface area contributed by atoms with Crippen molar-refractivity contribution in [3.8, 4) is 12.3 Å². The highest BCUT2D eigenvalue weighted by atomic mass is 15.2. The minimum atomic E-state index is 0.755. The van der Waals surface area contributed by atoms with Crippen LogP contribution in [-0.2, 0) is 0 Å². The maximum absolute atomic E-state index is 5.17. The Bertz CT molecular complexity index is 171. The van der Waals surface area contributed by atoms with Crippen molar-refractivity contribution < 1.29 is 0 Å². The molecule has 0 radical (unpaired) electrons. The normalized spacial score (nSPS) is 23.2.